The molecule has 1 saturated carbocycles. The fourth-order valence-electron chi connectivity index (χ4n) is 4.44. The van der Waals surface area contributed by atoms with E-state index in [2.05, 4.69) is 59.2 Å². The second kappa shape index (κ2) is 5.54. The molecule has 4 heteroatoms. The molecule has 3 fully saturated rings. The molecule has 128 valence electrons. The minimum atomic E-state index is 0.509. The predicted molar refractivity (Wildman–Crippen MR) is 98.7 cm³/mol. The van der Waals surface area contributed by atoms with E-state index in [1.165, 1.54) is 18.4 Å². The van der Waals surface area contributed by atoms with E-state index in [0.29, 0.717) is 17.4 Å². The highest BCUT2D eigenvalue weighted by atomic mass is 15.3. The van der Waals surface area contributed by atoms with Crippen molar-refractivity contribution in [2.45, 2.75) is 45.1 Å². The lowest BCUT2D eigenvalue weighted by molar-refractivity contribution is -0.0103. The number of hydrogen-bond acceptors (Lipinski definition) is 4. The molecule has 2 aliphatic heterocycles. The first-order valence-corrected chi connectivity index (χ1v) is 9.07. The number of pyridine rings is 1. The Hall–Kier alpha value is -1.97. The predicted octanol–water partition coefficient (Wildman–Crippen LogP) is 3.45. The maximum absolute atomic E-state index is 4.58. The summed E-state index contributed by atoms with van der Waals surface area (Å²) in [6, 6.07) is 5.04. The number of nitrogens with one attached hydrogen (secondary N) is 1. The Bertz CT molecular complexity index is 664. The van der Waals surface area contributed by atoms with Gasteiger partial charge in [0.05, 0.1) is 5.82 Å². The number of rotatable bonds is 3. The lowest BCUT2D eigenvalue weighted by Gasteiger charge is -2.62. The van der Waals surface area contributed by atoms with E-state index in [-0.39, 0.29) is 0 Å². The Kier molecular flexibility index (Phi) is 3.59. The normalized spacial score (nSPS) is 23.3. The third kappa shape index (κ3) is 2.58. The standard InChI is InChI=1S/C20H28N4/c1-14(2)17-5-7-21-19(9-17)23-12-20(13-23)10-18(11-20)24-8-6-15(3)22-16(24)4/h5,7,9,14,18,22H,3-4,6,8,10-13H2,1-2H3. The van der Waals surface area contributed by atoms with Gasteiger partial charge in [0.15, 0.2) is 0 Å². The molecule has 2 saturated heterocycles. The van der Waals surface area contributed by atoms with Crippen molar-refractivity contribution in [2.75, 3.05) is 24.5 Å². The molecule has 0 aromatic carbocycles. The zero-order valence-electron chi connectivity index (χ0n) is 14.9. The average Bonchev–Trinajstić information content (AvgIpc) is 2.46. The first-order valence-electron chi connectivity index (χ1n) is 9.07. The zero-order valence-corrected chi connectivity index (χ0v) is 14.9. The minimum absolute atomic E-state index is 0.509. The van der Waals surface area contributed by atoms with Gasteiger partial charge in [0.1, 0.15) is 5.82 Å². The largest absolute Gasteiger partial charge is 0.355 e. The zero-order chi connectivity index (χ0) is 16.9. The van der Waals surface area contributed by atoms with Gasteiger partial charge in [-0.1, -0.05) is 27.0 Å². The molecule has 1 aromatic rings. The number of nitrogens with zero attached hydrogens (tertiary/aromatic N) is 3. The molecule has 0 unspecified atom stereocenters. The molecule has 0 bridgehead atoms. The molecule has 4 nitrogen and oxygen atoms in total. The molecule has 1 N–H and O–H groups in total. The van der Waals surface area contributed by atoms with Crippen LogP contribution in [0.3, 0.4) is 0 Å². The number of aromatic nitrogens is 1. The quantitative estimate of drug-likeness (QED) is 0.923. The Balaban J connectivity index is 1.33. The summed E-state index contributed by atoms with van der Waals surface area (Å²) in [4.78, 5) is 9.46. The van der Waals surface area contributed by atoms with Crippen LogP contribution in [-0.2, 0) is 0 Å². The van der Waals surface area contributed by atoms with Crippen LogP contribution in [0.25, 0.3) is 0 Å². The highest BCUT2D eigenvalue weighted by Crippen LogP contribution is 2.51. The third-order valence-corrected chi connectivity index (χ3v) is 5.91. The summed E-state index contributed by atoms with van der Waals surface area (Å²) in [6.45, 7) is 16.0. The topological polar surface area (TPSA) is 31.4 Å². The van der Waals surface area contributed by atoms with Crippen LogP contribution in [0.4, 0.5) is 5.82 Å². The molecule has 3 heterocycles. The van der Waals surface area contributed by atoms with Crippen molar-refractivity contribution in [3.8, 4) is 0 Å². The van der Waals surface area contributed by atoms with Crippen LogP contribution in [-0.4, -0.2) is 35.6 Å². The SMILES string of the molecule is C=C1CCN(C2CC3(C2)CN(c2cc(C(C)C)ccn2)C3)C(=C)N1. The van der Waals surface area contributed by atoms with Gasteiger partial charge < -0.3 is 15.1 Å². The third-order valence-electron chi connectivity index (χ3n) is 5.91. The first-order chi connectivity index (χ1) is 11.5. The fraction of sp³-hybridized carbons (Fsp3) is 0.550. The molecule has 0 atom stereocenters. The first kappa shape index (κ1) is 15.6. The van der Waals surface area contributed by atoms with E-state index in [0.717, 1.165) is 43.4 Å². The van der Waals surface area contributed by atoms with Crippen LogP contribution in [0, 0.1) is 5.41 Å². The average molecular weight is 324 g/mol. The van der Waals surface area contributed by atoms with Gasteiger partial charge in [0.25, 0.3) is 0 Å². The van der Waals surface area contributed by atoms with Crippen molar-refractivity contribution in [1.82, 2.24) is 15.2 Å². The van der Waals surface area contributed by atoms with Gasteiger partial charge in [-0.15, -0.1) is 0 Å². The second-order valence-corrected chi connectivity index (χ2v) is 8.14. The van der Waals surface area contributed by atoms with Gasteiger partial charge >= 0.3 is 0 Å². The van der Waals surface area contributed by atoms with Crippen LogP contribution in [0.1, 0.15) is 44.6 Å². The van der Waals surface area contributed by atoms with Gasteiger partial charge in [0.2, 0.25) is 0 Å². The molecule has 24 heavy (non-hydrogen) atoms. The van der Waals surface area contributed by atoms with Crippen molar-refractivity contribution >= 4 is 5.82 Å². The lowest BCUT2D eigenvalue weighted by atomic mass is 9.60. The summed E-state index contributed by atoms with van der Waals surface area (Å²) in [6.07, 6.45) is 5.54. The summed E-state index contributed by atoms with van der Waals surface area (Å²) in [5.74, 6) is 2.74. The highest BCUT2D eigenvalue weighted by Gasteiger charge is 2.54. The molecule has 0 amide bonds. The molecule has 3 aliphatic rings. The summed E-state index contributed by atoms with van der Waals surface area (Å²) in [5.41, 5.74) is 2.98. The summed E-state index contributed by atoms with van der Waals surface area (Å²) in [7, 11) is 0. The molecule has 4 rings (SSSR count). The van der Waals surface area contributed by atoms with Crippen LogP contribution in [0.15, 0.2) is 43.0 Å². The molecule has 1 spiro atoms. The van der Waals surface area contributed by atoms with E-state index in [4.69, 9.17) is 0 Å². The number of anilines is 1. The van der Waals surface area contributed by atoms with Crippen LogP contribution < -0.4 is 10.2 Å². The Labute approximate surface area is 145 Å². The van der Waals surface area contributed by atoms with Gasteiger partial charge in [0, 0.05) is 49.4 Å². The summed E-state index contributed by atoms with van der Waals surface area (Å²) >= 11 is 0. The van der Waals surface area contributed by atoms with Crippen LogP contribution in [0.2, 0.25) is 0 Å². The minimum Gasteiger partial charge on any atom is -0.355 e. The molecular weight excluding hydrogens is 296 g/mol. The highest BCUT2D eigenvalue weighted by molar-refractivity contribution is 5.46. The molecular formula is C20H28N4. The maximum atomic E-state index is 4.58. The lowest BCUT2D eigenvalue weighted by Crippen LogP contribution is -2.67. The Morgan fingerprint density at radius 2 is 2.04 bits per heavy atom. The van der Waals surface area contributed by atoms with Gasteiger partial charge in [-0.05, 0) is 36.5 Å². The van der Waals surface area contributed by atoms with Crippen molar-refractivity contribution in [3.05, 3.63) is 48.6 Å². The Morgan fingerprint density at radius 3 is 2.71 bits per heavy atom. The van der Waals surface area contributed by atoms with E-state index in [9.17, 15) is 0 Å². The van der Waals surface area contributed by atoms with Crippen molar-refractivity contribution in [2.24, 2.45) is 5.41 Å². The molecule has 1 aromatic heterocycles. The van der Waals surface area contributed by atoms with Crippen molar-refractivity contribution in [1.29, 1.82) is 0 Å². The maximum Gasteiger partial charge on any atom is 0.128 e. The van der Waals surface area contributed by atoms with E-state index >= 15 is 0 Å². The monoisotopic (exact) mass is 324 g/mol. The fourth-order valence-corrected chi connectivity index (χ4v) is 4.44. The summed E-state index contributed by atoms with van der Waals surface area (Å²) < 4.78 is 0. The van der Waals surface area contributed by atoms with E-state index in [1.807, 2.05) is 6.20 Å². The van der Waals surface area contributed by atoms with Crippen LogP contribution >= 0.6 is 0 Å². The molecule has 0 radical (unpaired) electrons. The number of hydrogen-bond donors (Lipinski definition) is 1. The van der Waals surface area contributed by atoms with Gasteiger partial charge in [-0.2, -0.15) is 0 Å². The van der Waals surface area contributed by atoms with Crippen molar-refractivity contribution in [3.63, 3.8) is 0 Å². The van der Waals surface area contributed by atoms with Gasteiger partial charge in [-0.25, -0.2) is 4.98 Å². The smallest absolute Gasteiger partial charge is 0.128 e. The second-order valence-electron chi connectivity index (χ2n) is 8.14. The van der Waals surface area contributed by atoms with Crippen molar-refractivity contribution < 1.29 is 0 Å². The van der Waals surface area contributed by atoms with Crippen LogP contribution in [0.5, 0.6) is 0 Å². The summed E-state index contributed by atoms with van der Waals surface area (Å²) in [5, 5.41) is 3.31. The molecule has 1 aliphatic carbocycles. The Morgan fingerprint density at radius 1 is 1.29 bits per heavy atom. The van der Waals surface area contributed by atoms with E-state index < -0.39 is 0 Å². The van der Waals surface area contributed by atoms with E-state index in [1.54, 1.807) is 0 Å². The van der Waals surface area contributed by atoms with Gasteiger partial charge in [-0.3, -0.25) is 0 Å².